The molecule has 1 N–H and O–H groups in total. The van der Waals surface area contributed by atoms with E-state index >= 15 is 0 Å². The second-order valence-electron chi connectivity index (χ2n) is 7.23. The molecule has 28 heavy (non-hydrogen) atoms. The number of nitrogens with one attached hydrogen (secondary N) is 1. The first-order valence-corrected chi connectivity index (χ1v) is 9.81. The van der Waals surface area contributed by atoms with Gasteiger partial charge >= 0.3 is 0 Å². The first-order chi connectivity index (χ1) is 13.6. The van der Waals surface area contributed by atoms with E-state index in [1.807, 2.05) is 18.2 Å². The van der Waals surface area contributed by atoms with Crippen LogP contribution in [0.25, 0.3) is 0 Å². The van der Waals surface area contributed by atoms with Gasteiger partial charge in [0.25, 0.3) is 0 Å². The molecule has 6 heteroatoms. The summed E-state index contributed by atoms with van der Waals surface area (Å²) in [6.07, 6.45) is 3.56. The molecule has 6 nitrogen and oxygen atoms in total. The SMILES string of the molecule is CN1CCN(C(CNC(=O)CCC(=O)c2cccnc2)c2ccccc2)CC1. The van der Waals surface area contributed by atoms with E-state index < -0.39 is 0 Å². The molecule has 3 rings (SSSR count). The highest BCUT2D eigenvalue weighted by molar-refractivity contribution is 5.97. The Morgan fingerprint density at radius 2 is 1.79 bits per heavy atom. The predicted molar refractivity (Wildman–Crippen MR) is 109 cm³/mol. The normalized spacial score (nSPS) is 16.5. The number of carbonyl (C=O) groups excluding carboxylic acids is 2. The quantitative estimate of drug-likeness (QED) is 0.711. The summed E-state index contributed by atoms with van der Waals surface area (Å²) in [4.78, 5) is 33.2. The van der Waals surface area contributed by atoms with E-state index in [1.165, 1.54) is 5.56 Å². The summed E-state index contributed by atoms with van der Waals surface area (Å²) >= 11 is 0. The monoisotopic (exact) mass is 380 g/mol. The van der Waals surface area contributed by atoms with Gasteiger partial charge < -0.3 is 10.2 Å². The first-order valence-electron chi connectivity index (χ1n) is 9.81. The standard InChI is InChI=1S/C22H28N4O2/c1-25-12-14-26(15-13-25)20(18-6-3-2-4-7-18)17-24-22(28)10-9-21(27)19-8-5-11-23-16-19/h2-8,11,16,20H,9-10,12-15,17H2,1H3,(H,24,28). The Morgan fingerprint density at radius 3 is 2.46 bits per heavy atom. The Kier molecular flexibility index (Phi) is 7.28. The van der Waals surface area contributed by atoms with Crippen LogP contribution in [0.5, 0.6) is 0 Å². The van der Waals surface area contributed by atoms with Crippen LogP contribution in [0.4, 0.5) is 0 Å². The molecule has 1 saturated heterocycles. The lowest BCUT2D eigenvalue weighted by molar-refractivity contribution is -0.121. The Morgan fingerprint density at radius 1 is 1.04 bits per heavy atom. The molecule has 0 radical (unpaired) electrons. The Balaban J connectivity index is 1.54. The minimum Gasteiger partial charge on any atom is -0.354 e. The molecule has 1 aromatic carbocycles. The van der Waals surface area contributed by atoms with Gasteiger partial charge in [0.2, 0.25) is 5.91 Å². The predicted octanol–water partition coefficient (Wildman–Crippen LogP) is 2.15. The van der Waals surface area contributed by atoms with Gasteiger partial charge in [0.1, 0.15) is 0 Å². The molecule has 0 saturated carbocycles. The van der Waals surface area contributed by atoms with Crippen molar-refractivity contribution in [3.8, 4) is 0 Å². The van der Waals surface area contributed by atoms with Crippen LogP contribution in [0.15, 0.2) is 54.9 Å². The molecular formula is C22H28N4O2. The molecule has 0 bridgehead atoms. The number of Topliss-reactive ketones (excluding diaryl/α,β-unsaturated/α-hetero) is 1. The summed E-state index contributed by atoms with van der Waals surface area (Å²) in [6.45, 7) is 4.55. The number of nitrogens with zero attached hydrogens (tertiary/aromatic N) is 3. The van der Waals surface area contributed by atoms with Crippen LogP contribution in [-0.2, 0) is 4.79 Å². The Bertz CT molecular complexity index is 759. The van der Waals surface area contributed by atoms with E-state index in [0.29, 0.717) is 12.1 Å². The van der Waals surface area contributed by atoms with Crippen molar-refractivity contribution in [1.29, 1.82) is 0 Å². The maximum absolute atomic E-state index is 12.3. The van der Waals surface area contributed by atoms with Crippen LogP contribution in [0.1, 0.15) is 34.8 Å². The molecule has 2 aromatic rings. The minimum atomic E-state index is -0.0905. The highest BCUT2D eigenvalue weighted by atomic mass is 16.2. The summed E-state index contributed by atoms with van der Waals surface area (Å²) in [5, 5.41) is 3.03. The highest BCUT2D eigenvalue weighted by Crippen LogP contribution is 2.21. The number of likely N-dealkylation sites (N-methyl/N-ethyl adjacent to an activating group) is 1. The van der Waals surface area contributed by atoms with Crippen LogP contribution in [0.2, 0.25) is 0 Å². The molecule has 1 atom stereocenters. The topological polar surface area (TPSA) is 65.5 Å². The van der Waals surface area contributed by atoms with Crippen LogP contribution < -0.4 is 5.32 Å². The van der Waals surface area contributed by atoms with Gasteiger partial charge in [-0.1, -0.05) is 30.3 Å². The Labute approximate surface area is 166 Å². The Hall–Kier alpha value is -2.57. The van der Waals surface area contributed by atoms with Crippen molar-refractivity contribution in [2.24, 2.45) is 0 Å². The number of rotatable bonds is 8. The van der Waals surface area contributed by atoms with Gasteiger partial charge in [0.15, 0.2) is 5.78 Å². The molecular weight excluding hydrogens is 352 g/mol. The minimum absolute atomic E-state index is 0.0538. The molecule has 1 unspecified atom stereocenters. The second-order valence-corrected chi connectivity index (χ2v) is 7.23. The van der Waals surface area contributed by atoms with Crippen molar-refractivity contribution in [3.63, 3.8) is 0 Å². The summed E-state index contributed by atoms with van der Waals surface area (Å²) in [5.74, 6) is -0.144. The van der Waals surface area contributed by atoms with Gasteiger partial charge in [-0.25, -0.2) is 0 Å². The number of ketones is 1. The number of hydrogen-bond acceptors (Lipinski definition) is 5. The van der Waals surface area contributed by atoms with Gasteiger partial charge in [-0.2, -0.15) is 0 Å². The fraction of sp³-hybridized carbons (Fsp3) is 0.409. The van der Waals surface area contributed by atoms with E-state index in [-0.39, 0.29) is 30.6 Å². The number of pyridine rings is 1. The molecule has 148 valence electrons. The van der Waals surface area contributed by atoms with Crippen LogP contribution in [-0.4, -0.2) is 66.2 Å². The maximum atomic E-state index is 12.3. The maximum Gasteiger partial charge on any atom is 0.220 e. The summed E-state index contributed by atoms with van der Waals surface area (Å²) in [6, 6.07) is 13.9. The van der Waals surface area contributed by atoms with Crippen molar-refractivity contribution in [3.05, 3.63) is 66.0 Å². The van der Waals surface area contributed by atoms with Gasteiger partial charge in [0.05, 0.1) is 6.04 Å². The van der Waals surface area contributed by atoms with E-state index in [9.17, 15) is 9.59 Å². The van der Waals surface area contributed by atoms with Crippen LogP contribution >= 0.6 is 0 Å². The van der Waals surface area contributed by atoms with Gasteiger partial charge in [0, 0.05) is 63.5 Å². The fourth-order valence-electron chi connectivity index (χ4n) is 3.46. The van der Waals surface area contributed by atoms with Crippen LogP contribution in [0.3, 0.4) is 0 Å². The average Bonchev–Trinajstić information content (AvgIpc) is 2.75. The van der Waals surface area contributed by atoms with Gasteiger partial charge in [-0.05, 0) is 24.7 Å². The van der Waals surface area contributed by atoms with Crippen molar-refractivity contribution >= 4 is 11.7 Å². The zero-order valence-corrected chi connectivity index (χ0v) is 16.4. The van der Waals surface area contributed by atoms with E-state index in [0.717, 1.165) is 26.2 Å². The molecule has 1 amide bonds. The summed E-state index contributed by atoms with van der Waals surface area (Å²) in [7, 11) is 2.13. The van der Waals surface area contributed by atoms with Gasteiger partial charge in [-0.3, -0.25) is 19.5 Å². The zero-order valence-electron chi connectivity index (χ0n) is 16.4. The van der Waals surface area contributed by atoms with Crippen molar-refractivity contribution in [2.45, 2.75) is 18.9 Å². The molecule has 0 aliphatic carbocycles. The smallest absolute Gasteiger partial charge is 0.220 e. The number of hydrogen-bond donors (Lipinski definition) is 1. The molecule has 1 aliphatic rings. The average molecular weight is 380 g/mol. The third-order valence-electron chi connectivity index (χ3n) is 5.22. The zero-order chi connectivity index (χ0) is 19.8. The summed E-state index contributed by atoms with van der Waals surface area (Å²) in [5.41, 5.74) is 1.76. The largest absolute Gasteiger partial charge is 0.354 e. The van der Waals surface area contributed by atoms with Crippen molar-refractivity contribution < 1.29 is 9.59 Å². The fourth-order valence-corrected chi connectivity index (χ4v) is 3.46. The van der Waals surface area contributed by atoms with E-state index in [1.54, 1.807) is 24.5 Å². The van der Waals surface area contributed by atoms with Crippen LogP contribution in [0, 0.1) is 0 Å². The number of carbonyl (C=O) groups is 2. The van der Waals surface area contributed by atoms with Gasteiger partial charge in [-0.15, -0.1) is 0 Å². The van der Waals surface area contributed by atoms with Crippen molar-refractivity contribution in [2.75, 3.05) is 39.8 Å². The summed E-state index contributed by atoms with van der Waals surface area (Å²) < 4.78 is 0. The molecule has 0 spiro atoms. The second kappa shape index (κ2) is 10.1. The highest BCUT2D eigenvalue weighted by Gasteiger charge is 2.24. The molecule has 1 aliphatic heterocycles. The lowest BCUT2D eigenvalue weighted by Crippen LogP contribution is -2.48. The van der Waals surface area contributed by atoms with E-state index in [2.05, 4.69) is 39.3 Å². The third kappa shape index (κ3) is 5.71. The first kappa shape index (κ1) is 20.2. The van der Waals surface area contributed by atoms with Crippen molar-refractivity contribution in [1.82, 2.24) is 20.1 Å². The lowest BCUT2D eigenvalue weighted by Gasteiger charge is -2.38. The molecule has 1 aromatic heterocycles. The number of piperazine rings is 1. The number of aromatic nitrogens is 1. The number of amides is 1. The molecule has 1 fully saturated rings. The molecule has 2 heterocycles. The third-order valence-corrected chi connectivity index (χ3v) is 5.22. The lowest BCUT2D eigenvalue weighted by atomic mass is 10.0. The number of benzene rings is 1. The van der Waals surface area contributed by atoms with E-state index in [4.69, 9.17) is 0 Å².